The summed E-state index contributed by atoms with van der Waals surface area (Å²) in [6, 6.07) is 6.17. The van der Waals surface area contributed by atoms with Crippen molar-refractivity contribution in [1.29, 1.82) is 0 Å². The molecule has 0 aliphatic rings. The molecule has 2 rings (SSSR count). The van der Waals surface area contributed by atoms with Gasteiger partial charge in [-0.3, -0.25) is 4.79 Å². The summed E-state index contributed by atoms with van der Waals surface area (Å²) in [5.41, 5.74) is 0.808. The Kier molecular flexibility index (Phi) is 4.31. The lowest BCUT2D eigenvalue weighted by atomic mass is 10.0. The lowest BCUT2D eigenvalue weighted by molar-refractivity contribution is 0.0141. The number of rotatable bonds is 5. The maximum Gasteiger partial charge on any atom is 0.192 e. The van der Waals surface area contributed by atoms with Gasteiger partial charge in [-0.25, -0.2) is 0 Å². The van der Waals surface area contributed by atoms with Crippen LogP contribution in [0.3, 0.4) is 0 Å². The van der Waals surface area contributed by atoms with Gasteiger partial charge in [0.2, 0.25) is 0 Å². The van der Waals surface area contributed by atoms with E-state index in [4.69, 9.17) is 4.42 Å². The fraction of sp³-hybridized carbons (Fsp3) is 0.357. The van der Waals surface area contributed by atoms with Crippen LogP contribution in [-0.2, 0) is 0 Å². The summed E-state index contributed by atoms with van der Waals surface area (Å²) in [4.78, 5) is 11.7. The number of aliphatic hydroxyl groups is 2. The van der Waals surface area contributed by atoms with Crippen LogP contribution in [0, 0.1) is 0 Å². The average Bonchev–Trinajstić information content (AvgIpc) is 2.44. The minimum absolute atomic E-state index is 0.167. The van der Waals surface area contributed by atoms with E-state index in [1.165, 1.54) is 12.3 Å². The maximum absolute atomic E-state index is 11.7. The first-order valence-electron chi connectivity index (χ1n) is 6.15. The molecule has 0 fully saturated rings. The Labute approximate surface area is 110 Å². The van der Waals surface area contributed by atoms with Crippen LogP contribution < -0.4 is 10.7 Å². The highest BCUT2D eigenvalue weighted by Crippen LogP contribution is 2.22. The van der Waals surface area contributed by atoms with Gasteiger partial charge < -0.3 is 19.9 Å². The van der Waals surface area contributed by atoms with Crippen LogP contribution in [0.15, 0.2) is 39.7 Å². The molecule has 2 unspecified atom stereocenters. The topological polar surface area (TPSA) is 82.7 Å². The Morgan fingerprint density at radius 1 is 1.32 bits per heavy atom. The molecule has 0 saturated heterocycles. The van der Waals surface area contributed by atoms with Gasteiger partial charge >= 0.3 is 0 Å². The van der Waals surface area contributed by atoms with Crippen LogP contribution in [-0.4, -0.2) is 29.9 Å². The van der Waals surface area contributed by atoms with Crippen molar-refractivity contribution in [1.82, 2.24) is 5.32 Å². The lowest BCUT2D eigenvalue weighted by Crippen LogP contribution is -2.23. The van der Waals surface area contributed by atoms with Crippen molar-refractivity contribution >= 4 is 11.0 Å². The number of benzene rings is 1. The van der Waals surface area contributed by atoms with Gasteiger partial charge in [0.1, 0.15) is 11.7 Å². The van der Waals surface area contributed by atoms with E-state index in [0.29, 0.717) is 29.5 Å². The average molecular weight is 263 g/mol. The quantitative estimate of drug-likeness (QED) is 0.743. The fourth-order valence-corrected chi connectivity index (χ4v) is 1.96. The molecule has 0 saturated carbocycles. The number of hydrogen-bond donors (Lipinski definition) is 3. The second kappa shape index (κ2) is 5.97. The first-order chi connectivity index (χ1) is 9.13. The highest BCUT2D eigenvalue weighted by molar-refractivity contribution is 5.76. The van der Waals surface area contributed by atoms with E-state index in [1.54, 1.807) is 25.2 Å². The van der Waals surface area contributed by atoms with E-state index >= 15 is 0 Å². The van der Waals surface area contributed by atoms with Crippen molar-refractivity contribution in [3.8, 4) is 0 Å². The van der Waals surface area contributed by atoms with E-state index in [0.717, 1.165) is 0 Å². The van der Waals surface area contributed by atoms with Crippen molar-refractivity contribution in [2.75, 3.05) is 13.6 Å². The van der Waals surface area contributed by atoms with Crippen LogP contribution in [0.25, 0.3) is 11.0 Å². The van der Waals surface area contributed by atoms with E-state index in [-0.39, 0.29) is 5.43 Å². The zero-order chi connectivity index (χ0) is 13.8. The number of hydrogen-bond acceptors (Lipinski definition) is 5. The smallest absolute Gasteiger partial charge is 0.192 e. The van der Waals surface area contributed by atoms with Crippen LogP contribution >= 0.6 is 0 Å². The SMILES string of the molecule is CNCCC(O)C(O)c1ccc2occc(=O)c2c1. The third-order valence-electron chi connectivity index (χ3n) is 3.08. The molecule has 102 valence electrons. The largest absolute Gasteiger partial charge is 0.464 e. The molecule has 0 amide bonds. The maximum atomic E-state index is 11.7. The zero-order valence-electron chi connectivity index (χ0n) is 10.7. The molecular formula is C14H17NO4. The molecule has 1 heterocycles. The first kappa shape index (κ1) is 13.7. The van der Waals surface area contributed by atoms with E-state index < -0.39 is 12.2 Å². The molecule has 0 spiro atoms. The predicted molar refractivity (Wildman–Crippen MR) is 72.0 cm³/mol. The molecule has 0 bridgehead atoms. The molecule has 5 heteroatoms. The van der Waals surface area contributed by atoms with Crippen molar-refractivity contribution < 1.29 is 14.6 Å². The highest BCUT2D eigenvalue weighted by Gasteiger charge is 2.18. The molecule has 1 aromatic carbocycles. The molecule has 0 aliphatic carbocycles. The summed E-state index contributed by atoms with van der Waals surface area (Å²) in [5, 5.41) is 23.2. The molecule has 2 aromatic rings. The van der Waals surface area contributed by atoms with Gasteiger partial charge in [-0.1, -0.05) is 6.07 Å². The van der Waals surface area contributed by atoms with Gasteiger partial charge in [-0.05, 0) is 37.7 Å². The van der Waals surface area contributed by atoms with Gasteiger partial charge in [0.25, 0.3) is 0 Å². The van der Waals surface area contributed by atoms with Crippen LogP contribution in [0.5, 0.6) is 0 Å². The molecule has 5 nitrogen and oxygen atoms in total. The standard InChI is InChI=1S/C14H17NO4/c1-15-6-4-12(17)14(18)9-2-3-13-10(8-9)11(16)5-7-19-13/h2-3,5,7-8,12,14-15,17-18H,4,6H2,1H3. The zero-order valence-corrected chi connectivity index (χ0v) is 10.7. The minimum Gasteiger partial charge on any atom is -0.464 e. The Hall–Kier alpha value is -1.69. The van der Waals surface area contributed by atoms with Gasteiger partial charge in [0.15, 0.2) is 5.43 Å². The third-order valence-corrected chi connectivity index (χ3v) is 3.08. The van der Waals surface area contributed by atoms with Crippen LogP contribution in [0.1, 0.15) is 18.1 Å². The second-order valence-electron chi connectivity index (χ2n) is 4.44. The summed E-state index contributed by atoms with van der Waals surface area (Å²) in [5.74, 6) is 0. The Morgan fingerprint density at radius 3 is 2.84 bits per heavy atom. The highest BCUT2D eigenvalue weighted by atomic mass is 16.3. The summed E-state index contributed by atoms with van der Waals surface area (Å²) >= 11 is 0. The third kappa shape index (κ3) is 3.01. The molecular weight excluding hydrogens is 246 g/mol. The van der Waals surface area contributed by atoms with Crippen LogP contribution in [0.4, 0.5) is 0 Å². The predicted octanol–water partition coefficient (Wildman–Crippen LogP) is 0.797. The summed E-state index contributed by atoms with van der Waals surface area (Å²) in [7, 11) is 1.78. The van der Waals surface area contributed by atoms with Gasteiger partial charge in [-0.2, -0.15) is 0 Å². The van der Waals surface area contributed by atoms with Crippen molar-refractivity contribution in [2.24, 2.45) is 0 Å². The molecule has 1 aromatic heterocycles. The van der Waals surface area contributed by atoms with Crippen molar-refractivity contribution in [3.05, 3.63) is 46.3 Å². The Balaban J connectivity index is 2.30. The summed E-state index contributed by atoms with van der Waals surface area (Å²) < 4.78 is 5.20. The van der Waals surface area contributed by atoms with Gasteiger partial charge in [0, 0.05) is 6.07 Å². The molecule has 0 aliphatic heterocycles. The van der Waals surface area contributed by atoms with Gasteiger partial charge in [-0.15, -0.1) is 0 Å². The minimum atomic E-state index is -1.02. The Bertz CT molecular complexity index is 608. The normalized spacial score (nSPS) is 14.5. The summed E-state index contributed by atoms with van der Waals surface area (Å²) in [6.07, 6.45) is -0.125. The van der Waals surface area contributed by atoms with Crippen molar-refractivity contribution in [2.45, 2.75) is 18.6 Å². The van der Waals surface area contributed by atoms with Gasteiger partial charge in [0.05, 0.1) is 17.8 Å². The summed E-state index contributed by atoms with van der Waals surface area (Å²) in [6.45, 7) is 0.605. The van der Waals surface area contributed by atoms with Crippen LogP contribution in [0.2, 0.25) is 0 Å². The fourth-order valence-electron chi connectivity index (χ4n) is 1.96. The van der Waals surface area contributed by atoms with Crippen molar-refractivity contribution in [3.63, 3.8) is 0 Å². The lowest BCUT2D eigenvalue weighted by Gasteiger charge is -2.18. The molecule has 19 heavy (non-hydrogen) atoms. The number of fused-ring (bicyclic) bond motifs is 1. The van der Waals surface area contributed by atoms with E-state index in [2.05, 4.69) is 5.32 Å². The molecule has 3 N–H and O–H groups in total. The molecule has 2 atom stereocenters. The van der Waals surface area contributed by atoms with E-state index in [1.807, 2.05) is 0 Å². The number of nitrogens with one attached hydrogen (secondary N) is 1. The Morgan fingerprint density at radius 2 is 2.11 bits per heavy atom. The number of aliphatic hydroxyl groups excluding tert-OH is 2. The first-order valence-corrected chi connectivity index (χ1v) is 6.15. The van der Waals surface area contributed by atoms with E-state index in [9.17, 15) is 15.0 Å². The second-order valence-corrected chi connectivity index (χ2v) is 4.44. The molecule has 0 radical (unpaired) electrons. The monoisotopic (exact) mass is 263 g/mol.